The van der Waals surface area contributed by atoms with Gasteiger partial charge < -0.3 is 20.2 Å². The molecule has 1 unspecified atom stereocenters. The summed E-state index contributed by atoms with van der Waals surface area (Å²) in [6.45, 7) is 3.70. The Kier molecular flexibility index (Phi) is 7.64. The number of carbonyl (C=O) groups is 1. The second-order valence-electron chi connectivity index (χ2n) is 11.1. The van der Waals surface area contributed by atoms with Gasteiger partial charge in [-0.2, -0.15) is 13.2 Å². The predicted molar refractivity (Wildman–Crippen MR) is 137 cm³/mol. The lowest BCUT2D eigenvalue weighted by atomic mass is 9.79. The van der Waals surface area contributed by atoms with Crippen LogP contribution in [0.3, 0.4) is 0 Å². The van der Waals surface area contributed by atoms with E-state index in [2.05, 4.69) is 15.3 Å². The summed E-state index contributed by atoms with van der Waals surface area (Å²) < 4.78 is 39.8. The number of pyridine rings is 2. The van der Waals surface area contributed by atoms with Gasteiger partial charge in [0.05, 0.1) is 11.3 Å². The van der Waals surface area contributed by atoms with Crippen LogP contribution in [0.4, 0.5) is 19.0 Å². The highest BCUT2D eigenvalue weighted by molar-refractivity contribution is 5.85. The Balaban J connectivity index is 1.17. The summed E-state index contributed by atoms with van der Waals surface area (Å²) in [6, 6.07) is 5.83. The number of alkyl halides is 3. The number of halogens is 3. The van der Waals surface area contributed by atoms with Crippen LogP contribution in [0.25, 0.3) is 0 Å². The van der Waals surface area contributed by atoms with Crippen molar-refractivity contribution in [2.24, 2.45) is 0 Å². The molecule has 2 aliphatic heterocycles. The first-order chi connectivity index (χ1) is 18.1. The maximum atomic E-state index is 13.5. The smallest absolute Gasteiger partial charge is 0.384 e. The number of aromatic nitrogens is 2. The summed E-state index contributed by atoms with van der Waals surface area (Å²) in [5.74, 6) is 0.182. The van der Waals surface area contributed by atoms with Crippen LogP contribution in [0.1, 0.15) is 68.2 Å². The van der Waals surface area contributed by atoms with Crippen molar-refractivity contribution >= 4 is 11.7 Å². The number of carbonyl (C=O) groups excluding carboxylic acids is 1. The van der Waals surface area contributed by atoms with E-state index < -0.39 is 23.4 Å². The topological polar surface area (TPSA) is 81.6 Å². The highest BCUT2D eigenvalue weighted by Crippen LogP contribution is 2.37. The van der Waals surface area contributed by atoms with Gasteiger partial charge in [0.1, 0.15) is 17.5 Å². The van der Waals surface area contributed by atoms with E-state index in [1.54, 1.807) is 11.1 Å². The molecule has 10 heteroatoms. The lowest BCUT2D eigenvalue weighted by molar-refractivity contribution is -0.137. The van der Waals surface area contributed by atoms with Crippen molar-refractivity contribution in [3.8, 4) is 0 Å². The third kappa shape index (κ3) is 5.81. The second kappa shape index (κ2) is 10.8. The molecule has 2 aromatic heterocycles. The van der Waals surface area contributed by atoms with Crippen molar-refractivity contribution in [1.82, 2.24) is 20.2 Å². The first-order valence-corrected chi connectivity index (χ1v) is 13.6. The zero-order valence-electron chi connectivity index (χ0n) is 21.8. The summed E-state index contributed by atoms with van der Waals surface area (Å²) in [6.07, 6.45) is 4.56. The van der Waals surface area contributed by atoms with Gasteiger partial charge in [-0.3, -0.25) is 9.78 Å². The van der Waals surface area contributed by atoms with E-state index in [1.807, 2.05) is 24.0 Å². The number of piperidine rings is 1. The zero-order valence-corrected chi connectivity index (χ0v) is 21.8. The molecule has 0 spiro atoms. The van der Waals surface area contributed by atoms with E-state index in [0.29, 0.717) is 38.9 Å². The van der Waals surface area contributed by atoms with Gasteiger partial charge in [-0.15, -0.1) is 0 Å². The molecule has 4 heterocycles. The SMILES string of the molecule is Cc1ccc(C2(O)CCC(N[C@H]3CCN(C(=O)C4CCCCN4c4cc(C(F)(F)F)ccn4)C3)CC2)nc1. The van der Waals surface area contributed by atoms with E-state index in [9.17, 15) is 23.1 Å². The van der Waals surface area contributed by atoms with Gasteiger partial charge in [0.25, 0.3) is 0 Å². The van der Waals surface area contributed by atoms with Crippen molar-refractivity contribution in [2.75, 3.05) is 24.5 Å². The minimum atomic E-state index is -4.45. The summed E-state index contributed by atoms with van der Waals surface area (Å²) in [7, 11) is 0. The number of hydrogen-bond donors (Lipinski definition) is 2. The van der Waals surface area contributed by atoms with E-state index in [4.69, 9.17) is 0 Å². The monoisotopic (exact) mass is 531 g/mol. The maximum Gasteiger partial charge on any atom is 0.416 e. The van der Waals surface area contributed by atoms with E-state index >= 15 is 0 Å². The van der Waals surface area contributed by atoms with Gasteiger partial charge in [-0.25, -0.2) is 4.98 Å². The lowest BCUT2D eigenvalue weighted by Gasteiger charge is -2.38. The Morgan fingerprint density at radius 1 is 1.05 bits per heavy atom. The Labute approximate surface area is 221 Å². The van der Waals surface area contributed by atoms with Crippen LogP contribution in [-0.2, 0) is 16.6 Å². The van der Waals surface area contributed by atoms with E-state index in [1.165, 1.54) is 6.20 Å². The largest absolute Gasteiger partial charge is 0.416 e. The van der Waals surface area contributed by atoms with Gasteiger partial charge in [0.15, 0.2) is 0 Å². The molecule has 1 aliphatic carbocycles. The maximum absolute atomic E-state index is 13.5. The molecule has 38 heavy (non-hydrogen) atoms. The van der Waals surface area contributed by atoms with Crippen molar-refractivity contribution < 1.29 is 23.1 Å². The molecule has 3 aliphatic rings. The molecule has 0 bridgehead atoms. The highest BCUT2D eigenvalue weighted by atomic mass is 19.4. The number of likely N-dealkylation sites (tertiary alicyclic amines) is 1. The normalized spacial score (nSPS) is 28.5. The summed E-state index contributed by atoms with van der Waals surface area (Å²) in [4.78, 5) is 25.8. The average molecular weight is 532 g/mol. The Morgan fingerprint density at radius 3 is 2.55 bits per heavy atom. The third-order valence-corrected chi connectivity index (χ3v) is 8.33. The fourth-order valence-corrected chi connectivity index (χ4v) is 6.12. The van der Waals surface area contributed by atoms with Crippen molar-refractivity contribution in [2.45, 2.75) is 88.2 Å². The Bertz CT molecular complexity index is 1120. The molecule has 1 saturated carbocycles. The molecule has 7 nitrogen and oxygen atoms in total. The van der Waals surface area contributed by atoms with Crippen LogP contribution in [0, 0.1) is 6.92 Å². The number of anilines is 1. The van der Waals surface area contributed by atoms with Gasteiger partial charge in [0, 0.05) is 44.1 Å². The highest BCUT2D eigenvalue weighted by Gasteiger charge is 2.40. The molecular formula is C28H36F3N5O2. The van der Waals surface area contributed by atoms with Crippen LogP contribution in [0.15, 0.2) is 36.7 Å². The van der Waals surface area contributed by atoms with Crippen LogP contribution >= 0.6 is 0 Å². The van der Waals surface area contributed by atoms with Crippen LogP contribution in [0.2, 0.25) is 0 Å². The fraction of sp³-hybridized carbons (Fsp3) is 0.607. The van der Waals surface area contributed by atoms with E-state index in [0.717, 1.165) is 55.5 Å². The molecule has 2 atom stereocenters. The molecule has 3 fully saturated rings. The standard InChI is InChI=1S/C28H36F3N5O2/c1-19-5-6-24(33-17-19)27(38)11-7-21(8-12-27)34-22-10-15-35(18-22)26(37)23-4-2-3-14-36(23)25-16-20(9-13-32-25)28(29,30)31/h5-6,9,13,16-17,21-23,34,38H,2-4,7-8,10-12,14-15,18H2,1H3/t21?,22-,23?,27?/m0/s1. The number of hydrogen-bond acceptors (Lipinski definition) is 6. The zero-order chi connectivity index (χ0) is 26.9. The second-order valence-corrected chi connectivity index (χ2v) is 11.1. The average Bonchev–Trinajstić information content (AvgIpc) is 3.38. The Morgan fingerprint density at radius 2 is 1.84 bits per heavy atom. The van der Waals surface area contributed by atoms with Gasteiger partial charge in [-0.1, -0.05) is 6.07 Å². The molecule has 2 N–H and O–H groups in total. The number of aliphatic hydroxyl groups is 1. The summed E-state index contributed by atoms with van der Waals surface area (Å²) in [5, 5.41) is 14.8. The van der Waals surface area contributed by atoms with Gasteiger partial charge in [0.2, 0.25) is 5.91 Å². The number of aryl methyl sites for hydroxylation is 1. The number of nitrogens with zero attached hydrogens (tertiary/aromatic N) is 4. The van der Waals surface area contributed by atoms with Crippen molar-refractivity contribution in [3.63, 3.8) is 0 Å². The molecule has 0 radical (unpaired) electrons. The quantitative estimate of drug-likeness (QED) is 0.603. The minimum absolute atomic E-state index is 0.0309. The first-order valence-electron chi connectivity index (χ1n) is 13.6. The predicted octanol–water partition coefficient (Wildman–Crippen LogP) is 4.18. The number of rotatable bonds is 5. The molecule has 0 aromatic carbocycles. The summed E-state index contributed by atoms with van der Waals surface area (Å²) in [5.41, 5.74) is 0.148. The molecule has 1 amide bonds. The summed E-state index contributed by atoms with van der Waals surface area (Å²) >= 11 is 0. The lowest BCUT2D eigenvalue weighted by Crippen LogP contribution is -2.52. The number of amides is 1. The van der Waals surface area contributed by atoms with Crippen molar-refractivity contribution in [1.29, 1.82) is 0 Å². The van der Waals surface area contributed by atoms with Gasteiger partial charge in [-0.05, 0) is 82.1 Å². The molecule has 2 saturated heterocycles. The van der Waals surface area contributed by atoms with Crippen molar-refractivity contribution in [3.05, 3.63) is 53.5 Å². The first kappa shape index (κ1) is 26.9. The molecule has 2 aromatic rings. The van der Waals surface area contributed by atoms with Crippen LogP contribution in [-0.4, -0.2) is 63.6 Å². The number of nitrogens with one attached hydrogen (secondary N) is 1. The molecule has 206 valence electrons. The fourth-order valence-electron chi connectivity index (χ4n) is 6.12. The molecular weight excluding hydrogens is 495 g/mol. The van der Waals surface area contributed by atoms with Crippen LogP contribution < -0.4 is 10.2 Å². The minimum Gasteiger partial charge on any atom is -0.384 e. The van der Waals surface area contributed by atoms with E-state index in [-0.39, 0.29) is 23.8 Å². The van der Waals surface area contributed by atoms with Gasteiger partial charge >= 0.3 is 6.18 Å². The third-order valence-electron chi connectivity index (χ3n) is 8.33. The molecule has 5 rings (SSSR count). The van der Waals surface area contributed by atoms with Crippen LogP contribution in [0.5, 0.6) is 0 Å². The Hall–Kier alpha value is -2.72.